The summed E-state index contributed by atoms with van der Waals surface area (Å²) in [6.45, 7) is 0. The van der Waals surface area contributed by atoms with Crippen molar-refractivity contribution in [3.05, 3.63) is 115 Å². The molecule has 8 nitrogen and oxygen atoms in total. The fourth-order valence-electron chi connectivity index (χ4n) is 7.30. The molecule has 0 saturated heterocycles. The highest BCUT2D eigenvalue weighted by atomic mass is 79.9. The average molecular weight is 744 g/mol. The SMILES string of the molecule is NC(=O)C([C@H](Cc1cc(F)cc(F)c1)c1nc2ncc(Br)cc2c(=O)n1-c1ccc(C2CC2)cc1)n1nc(C(F)F)c2c1C(F)(F)[C@@H]1C[C@H]21. The van der Waals surface area contributed by atoms with E-state index in [1.54, 1.807) is 12.1 Å². The third kappa shape index (κ3) is 5.24. The van der Waals surface area contributed by atoms with E-state index in [1.807, 2.05) is 12.1 Å². The van der Waals surface area contributed by atoms with Gasteiger partial charge in [0.1, 0.15) is 34.9 Å². The van der Waals surface area contributed by atoms with E-state index in [0.717, 1.165) is 35.1 Å². The van der Waals surface area contributed by atoms with Crippen molar-refractivity contribution in [1.82, 2.24) is 24.3 Å². The van der Waals surface area contributed by atoms with E-state index in [2.05, 4.69) is 31.0 Å². The van der Waals surface area contributed by atoms with Crippen molar-refractivity contribution in [1.29, 1.82) is 0 Å². The number of nitrogens with two attached hydrogens (primary N) is 1. The second-order valence-corrected chi connectivity index (χ2v) is 13.8. The highest BCUT2D eigenvalue weighted by Gasteiger charge is 2.67. The van der Waals surface area contributed by atoms with Gasteiger partial charge in [-0.15, -0.1) is 0 Å². The molecule has 2 N–H and O–H groups in total. The van der Waals surface area contributed by atoms with Gasteiger partial charge in [-0.05, 0) is 94.9 Å². The van der Waals surface area contributed by atoms with E-state index < -0.39 is 77.1 Å². The minimum absolute atomic E-state index is 0.0253. The van der Waals surface area contributed by atoms with Crippen LogP contribution in [-0.2, 0) is 17.1 Å². The Morgan fingerprint density at radius 3 is 2.39 bits per heavy atom. The Kier molecular flexibility index (Phi) is 7.29. The number of fused-ring (bicyclic) bond motifs is 4. The van der Waals surface area contributed by atoms with E-state index in [1.165, 1.54) is 12.3 Å². The third-order valence-electron chi connectivity index (χ3n) is 9.69. The maximum absolute atomic E-state index is 15.9. The van der Waals surface area contributed by atoms with E-state index in [9.17, 15) is 27.2 Å². The largest absolute Gasteiger partial charge is 0.368 e. The zero-order valence-corrected chi connectivity index (χ0v) is 26.9. The number of nitrogens with zero attached hydrogens (tertiary/aromatic N) is 5. The van der Waals surface area contributed by atoms with Gasteiger partial charge in [0.05, 0.1) is 17.0 Å². The lowest BCUT2D eigenvalue weighted by Crippen LogP contribution is -2.39. The number of pyridine rings is 1. The number of benzene rings is 2. The zero-order valence-electron chi connectivity index (χ0n) is 25.3. The predicted octanol–water partition coefficient (Wildman–Crippen LogP) is 7.09. The molecule has 49 heavy (non-hydrogen) atoms. The molecule has 4 atom stereocenters. The predicted molar refractivity (Wildman–Crippen MR) is 168 cm³/mol. The number of halogens is 7. The Balaban J connectivity index is 1.41. The number of hydrogen-bond donors (Lipinski definition) is 1. The lowest BCUT2D eigenvalue weighted by atomic mass is 9.89. The van der Waals surface area contributed by atoms with Crippen LogP contribution in [0.5, 0.6) is 0 Å². The van der Waals surface area contributed by atoms with Crippen LogP contribution < -0.4 is 11.3 Å². The van der Waals surface area contributed by atoms with Crippen LogP contribution in [0, 0.1) is 17.6 Å². The molecule has 0 spiro atoms. The number of carbonyl (C=O) groups is 1. The first-order valence-electron chi connectivity index (χ1n) is 15.5. The van der Waals surface area contributed by atoms with Crippen molar-refractivity contribution in [2.24, 2.45) is 11.7 Å². The molecule has 252 valence electrons. The molecular formula is C34H25BrF6N6O2. The molecular weight excluding hydrogens is 718 g/mol. The standard InChI is InChI=1S/C34H25BrF6N6O2/c35-17-10-23-31(43-13-17)44-32(46(33(23)49)20-5-3-16(4-6-20)15-1-2-15)22(9-14-7-18(36)11-19(37)8-14)27(30(42)48)47-28-25(26(45-47)29(38)39)21-12-24(21)34(28,40)41/h3-8,10-11,13,15,21-22,24,27,29H,1-2,9,12H2,(H2,42,48)/t21-,22-,24+,27?/m0/s1. The summed E-state index contributed by atoms with van der Waals surface area (Å²) in [4.78, 5) is 36.8. The molecule has 3 heterocycles. The number of hydrogen-bond acceptors (Lipinski definition) is 5. The molecule has 3 aromatic heterocycles. The number of amides is 1. The van der Waals surface area contributed by atoms with E-state index in [4.69, 9.17) is 5.73 Å². The van der Waals surface area contributed by atoms with Crippen LogP contribution in [0.4, 0.5) is 26.3 Å². The molecule has 1 unspecified atom stereocenters. The Morgan fingerprint density at radius 1 is 1.06 bits per heavy atom. The first-order chi connectivity index (χ1) is 23.3. The van der Waals surface area contributed by atoms with Crippen molar-refractivity contribution in [3.63, 3.8) is 0 Å². The van der Waals surface area contributed by atoms with Crippen molar-refractivity contribution >= 4 is 32.9 Å². The van der Waals surface area contributed by atoms with Gasteiger partial charge in [0.2, 0.25) is 5.91 Å². The van der Waals surface area contributed by atoms with Crippen molar-refractivity contribution in [2.75, 3.05) is 0 Å². The molecule has 8 rings (SSSR count). The summed E-state index contributed by atoms with van der Waals surface area (Å²) in [6, 6.07) is 9.08. The van der Waals surface area contributed by atoms with Crippen molar-refractivity contribution in [2.45, 2.75) is 61.8 Å². The number of aromatic nitrogens is 5. The van der Waals surface area contributed by atoms with Gasteiger partial charge in [0.15, 0.2) is 5.65 Å². The molecule has 0 aliphatic heterocycles. The highest BCUT2D eigenvalue weighted by Crippen LogP contribution is 2.68. The zero-order chi connectivity index (χ0) is 34.5. The van der Waals surface area contributed by atoms with Crippen molar-refractivity contribution < 1.29 is 31.1 Å². The molecule has 2 fully saturated rings. The van der Waals surface area contributed by atoms with Gasteiger partial charge in [0.25, 0.3) is 17.9 Å². The van der Waals surface area contributed by atoms with Crippen LogP contribution in [0.1, 0.15) is 83.4 Å². The molecule has 3 aliphatic rings. The fourth-order valence-corrected chi connectivity index (χ4v) is 7.63. The fraction of sp³-hybridized carbons (Fsp3) is 0.324. The first kappa shape index (κ1) is 31.7. The van der Waals surface area contributed by atoms with Gasteiger partial charge >= 0.3 is 0 Å². The molecule has 5 aromatic rings. The van der Waals surface area contributed by atoms with E-state index in [-0.39, 0.29) is 40.1 Å². The molecule has 2 aromatic carbocycles. The van der Waals surface area contributed by atoms with Crippen LogP contribution in [0.3, 0.4) is 0 Å². The number of alkyl halides is 4. The summed E-state index contributed by atoms with van der Waals surface area (Å²) >= 11 is 3.30. The van der Waals surface area contributed by atoms with Crippen LogP contribution in [0.25, 0.3) is 16.7 Å². The maximum Gasteiger partial charge on any atom is 0.293 e. The summed E-state index contributed by atoms with van der Waals surface area (Å²) in [6.07, 6.45) is -0.376. The topological polar surface area (TPSA) is 109 Å². The summed E-state index contributed by atoms with van der Waals surface area (Å²) in [5.74, 6) is -10.4. The number of primary amides is 1. The lowest BCUT2D eigenvalue weighted by molar-refractivity contribution is -0.122. The van der Waals surface area contributed by atoms with Gasteiger partial charge in [-0.1, -0.05) is 12.1 Å². The van der Waals surface area contributed by atoms with Gasteiger partial charge in [-0.2, -0.15) is 13.9 Å². The maximum atomic E-state index is 15.9. The summed E-state index contributed by atoms with van der Waals surface area (Å²) in [5, 5.41) is 3.94. The summed E-state index contributed by atoms with van der Waals surface area (Å²) < 4.78 is 91.6. The Labute approximate surface area is 282 Å². The highest BCUT2D eigenvalue weighted by molar-refractivity contribution is 9.10. The second kappa shape index (κ2) is 11.3. The van der Waals surface area contributed by atoms with Crippen LogP contribution >= 0.6 is 15.9 Å². The van der Waals surface area contributed by atoms with E-state index >= 15 is 8.78 Å². The first-order valence-corrected chi connectivity index (χ1v) is 16.3. The Hall–Kier alpha value is -4.53. The quantitative estimate of drug-likeness (QED) is 0.162. The van der Waals surface area contributed by atoms with Gasteiger partial charge < -0.3 is 5.73 Å². The van der Waals surface area contributed by atoms with Gasteiger partial charge in [-0.25, -0.2) is 32.2 Å². The van der Waals surface area contributed by atoms with Gasteiger partial charge in [0, 0.05) is 28.2 Å². The van der Waals surface area contributed by atoms with Crippen molar-refractivity contribution in [3.8, 4) is 5.69 Å². The van der Waals surface area contributed by atoms with Crippen LogP contribution in [0.2, 0.25) is 0 Å². The molecule has 0 radical (unpaired) electrons. The summed E-state index contributed by atoms with van der Waals surface area (Å²) in [7, 11) is 0. The lowest BCUT2D eigenvalue weighted by Gasteiger charge is -2.29. The smallest absolute Gasteiger partial charge is 0.293 e. The second-order valence-electron chi connectivity index (χ2n) is 12.9. The summed E-state index contributed by atoms with van der Waals surface area (Å²) in [5.41, 5.74) is 4.37. The third-order valence-corrected chi connectivity index (χ3v) is 10.1. The Bertz CT molecular complexity index is 2220. The minimum atomic E-state index is -3.63. The van der Waals surface area contributed by atoms with E-state index in [0.29, 0.717) is 21.1 Å². The Morgan fingerprint density at radius 2 is 1.76 bits per heavy atom. The number of carbonyl (C=O) groups excluding carboxylic acids is 1. The van der Waals surface area contributed by atoms with Crippen LogP contribution in [-0.4, -0.2) is 30.2 Å². The average Bonchev–Trinajstić information content (AvgIpc) is 3.97. The normalized spacial score (nSPS) is 20.3. The molecule has 3 aliphatic carbocycles. The molecule has 0 bridgehead atoms. The molecule has 2 saturated carbocycles. The minimum Gasteiger partial charge on any atom is -0.368 e. The monoisotopic (exact) mass is 742 g/mol. The van der Waals surface area contributed by atoms with Crippen LogP contribution in [0.15, 0.2) is 64.0 Å². The molecule has 1 amide bonds. The van der Waals surface area contributed by atoms with Gasteiger partial charge in [-0.3, -0.25) is 14.2 Å². The number of rotatable bonds is 9. The molecule has 15 heteroatoms.